The lowest BCUT2D eigenvalue weighted by Crippen LogP contribution is -2.28. The Bertz CT molecular complexity index is 1040. The van der Waals surface area contributed by atoms with Gasteiger partial charge in [-0.2, -0.15) is 5.10 Å². The summed E-state index contributed by atoms with van der Waals surface area (Å²) >= 11 is 0.992. The van der Waals surface area contributed by atoms with Crippen molar-refractivity contribution in [3.8, 4) is 5.82 Å². The van der Waals surface area contributed by atoms with Crippen LogP contribution in [0, 0.1) is 0 Å². The molecular formula is C19H16N6O3S. The van der Waals surface area contributed by atoms with E-state index < -0.39 is 0 Å². The largest absolute Gasteiger partial charge is 0.348 e. The number of carbonyl (C=O) groups is 3. The van der Waals surface area contributed by atoms with E-state index in [-0.39, 0.29) is 29.4 Å². The van der Waals surface area contributed by atoms with Crippen molar-refractivity contribution in [3.05, 3.63) is 71.9 Å². The van der Waals surface area contributed by atoms with Crippen LogP contribution in [0.5, 0.6) is 0 Å². The van der Waals surface area contributed by atoms with Crippen molar-refractivity contribution < 1.29 is 14.4 Å². The van der Waals surface area contributed by atoms with E-state index in [1.165, 1.54) is 11.2 Å². The second-order valence-corrected chi connectivity index (χ2v) is 7.21. The first-order valence-electron chi connectivity index (χ1n) is 8.74. The highest BCUT2D eigenvalue weighted by Crippen LogP contribution is 2.21. The molecule has 0 aliphatic carbocycles. The number of nitrogens with zero attached hydrogens (tertiary/aromatic N) is 5. The topological polar surface area (TPSA) is 110 Å². The minimum atomic E-state index is -0.258. The van der Waals surface area contributed by atoms with Crippen LogP contribution in [-0.2, 0) is 17.9 Å². The summed E-state index contributed by atoms with van der Waals surface area (Å²) in [6, 6.07) is 10.5. The van der Waals surface area contributed by atoms with Crippen molar-refractivity contribution in [2.75, 3.05) is 5.75 Å². The van der Waals surface area contributed by atoms with Gasteiger partial charge < -0.3 is 5.32 Å². The third kappa shape index (κ3) is 4.32. The number of thioether (sulfide) groups is 1. The zero-order valence-corrected chi connectivity index (χ0v) is 16.0. The Hall–Kier alpha value is -3.53. The van der Waals surface area contributed by atoms with Crippen molar-refractivity contribution >= 4 is 28.8 Å². The molecule has 4 rings (SSSR count). The minimum Gasteiger partial charge on any atom is -0.348 e. The fraction of sp³-hybridized carbons (Fsp3) is 0.158. The van der Waals surface area contributed by atoms with Gasteiger partial charge in [0.05, 0.1) is 12.3 Å². The molecule has 29 heavy (non-hydrogen) atoms. The van der Waals surface area contributed by atoms with Crippen LogP contribution < -0.4 is 5.32 Å². The highest BCUT2D eigenvalue weighted by Gasteiger charge is 2.29. The van der Waals surface area contributed by atoms with E-state index in [9.17, 15) is 14.4 Å². The van der Waals surface area contributed by atoms with Gasteiger partial charge >= 0.3 is 0 Å². The fourth-order valence-corrected chi connectivity index (χ4v) is 3.52. The van der Waals surface area contributed by atoms with E-state index in [4.69, 9.17) is 0 Å². The minimum absolute atomic E-state index is 0.166. The number of nitrogens with one attached hydrogen (secondary N) is 1. The number of amides is 3. The molecule has 3 heterocycles. The number of benzene rings is 1. The summed E-state index contributed by atoms with van der Waals surface area (Å²) in [6.07, 6.45) is 4.65. The molecule has 3 aromatic rings. The Morgan fingerprint density at radius 2 is 2.07 bits per heavy atom. The van der Waals surface area contributed by atoms with Gasteiger partial charge in [0.15, 0.2) is 5.82 Å². The Kier molecular flexibility index (Phi) is 5.34. The highest BCUT2D eigenvalue weighted by molar-refractivity contribution is 8.14. The van der Waals surface area contributed by atoms with Crippen molar-refractivity contribution in [1.29, 1.82) is 0 Å². The maximum atomic E-state index is 12.5. The number of imide groups is 1. The predicted molar refractivity (Wildman–Crippen MR) is 105 cm³/mol. The molecule has 1 aromatic carbocycles. The maximum absolute atomic E-state index is 12.5. The normalized spacial score (nSPS) is 13.7. The predicted octanol–water partition coefficient (Wildman–Crippen LogP) is 1.79. The third-order valence-corrected chi connectivity index (χ3v) is 5.14. The second-order valence-electron chi connectivity index (χ2n) is 6.28. The lowest BCUT2D eigenvalue weighted by molar-refractivity contribution is -0.125. The van der Waals surface area contributed by atoms with Crippen molar-refractivity contribution in [1.82, 2.24) is 30.0 Å². The number of aromatic nitrogens is 4. The van der Waals surface area contributed by atoms with Crippen molar-refractivity contribution in [2.24, 2.45) is 0 Å². The number of rotatable bonds is 6. The number of pyridine rings is 1. The SMILES string of the molecule is O=C(NCc1ccc(-n2cncn2)nc1)c1cccc(CN2C(=O)CSC2=O)c1. The van der Waals surface area contributed by atoms with Gasteiger partial charge in [0.2, 0.25) is 5.91 Å². The Morgan fingerprint density at radius 1 is 1.17 bits per heavy atom. The molecule has 0 atom stereocenters. The summed E-state index contributed by atoms with van der Waals surface area (Å²) in [5.41, 5.74) is 2.02. The molecule has 0 bridgehead atoms. The van der Waals surface area contributed by atoms with Gasteiger partial charge in [-0.3, -0.25) is 19.3 Å². The third-order valence-electron chi connectivity index (χ3n) is 4.29. The summed E-state index contributed by atoms with van der Waals surface area (Å²) in [4.78, 5) is 45.3. The molecule has 1 aliphatic rings. The standard InChI is InChI=1S/C19H16N6O3S/c26-17-10-29-19(28)24(17)9-13-2-1-3-15(6-13)18(27)22-8-14-4-5-16(21-7-14)25-12-20-11-23-25/h1-7,11-12H,8-10H2,(H,22,27). The lowest BCUT2D eigenvalue weighted by atomic mass is 10.1. The summed E-state index contributed by atoms with van der Waals surface area (Å²) in [5, 5.41) is 6.60. The smallest absolute Gasteiger partial charge is 0.289 e. The zero-order valence-electron chi connectivity index (χ0n) is 15.2. The number of hydrogen-bond donors (Lipinski definition) is 1. The monoisotopic (exact) mass is 408 g/mol. The quantitative estimate of drug-likeness (QED) is 0.662. The van der Waals surface area contributed by atoms with Crippen LogP contribution >= 0.6 is 11.8 Å². The van der Waals surface area contributed by atoms with Gasteiger partial charge in [-0.1, -0.05) is 30.0 Å². The van der Waals surface area contributed by atoms with E-state index >= 15 is 0 Å². The summed E-state index contributed by atoms with van der Waals surface area (Å²) in [5.74, 6) is 0.342. The first-order valence-corrected chi connectivity index (χ1v) is 9.73. The molecule has 1 aliphatic heterocycles. The average molecular weight is 408 g/mol. The second kappa shape index (κ2) is 8.23. The van der Waals surface area contributed by atoms with Crippen molar-refractivity contribution in [2.45, 2.75) is 13.1 Å². The summed E-state index contributed by atoms with van der Waals surface area (Å²) < 4.78 is 1.54. The molecule has 146 valence electrons. The maximum Gasteiger partial charge on any atom is 0.289 e. The van der Waals surface area contributed by atoms with E-state index in [1.54, 1.807) is 47.5 Å². The molecule has 1 N–H and O–H groups in total. The van der Waals surface area contributed by atoms with Crippen LogP contribution in [0.3, 0.4) is 0 Å². The van der Waals surface area contributed by atoms with Gasteiger partial charge in [0, 0.05) is 18.3 Å². The molecule has 9 nitrogen and oxygen atoms in total. The highest BCUT2D eigenvalue weighted by atomic mass is 32.2. The van der Waals surface area contributed by atoms with Crippen LogP contribution in [0.2, 0.25) is 0 Å². The average Bonchev–Trinajstić information content (AvgIpc) is 3.39. The Morgan fingerprint density at radius 3 is 2.76 bits per heavy atom. The zero-order chi connectivity index (χ0) is 20.2. The van der Waals surface area contributed by atoms with E-state index in [0.29, 0.717) is 17.9 Å². The Labute approximate surface area is 170 Å². The molecule has 1 saturated heterocycles. The molecule has 0 saturated carbocycles. The molecule has 0 spiro atoms. The molecule has 3 amide bonds. The van der Waals surface area contributed by atoms with Gasteiger partial charge in [-0.25, -0.2) is 14.6 Å². The first kappa shape index (κ1) is 18.8. The Balaban J connectivity index is 1.37. The van der Waals surface area contributed by atoms with Gasteiger partial charge in [0.1, 0.15) is 12.7 Å². The number of carbonyl (C=O) groups excluding carboxylic acids is 3. The lowest BCUT2D eigenvalue weighted by Gasteiger charge is -2.13. The van der Waals surface area contributed by atoms with E-state index in [1.807, 2.05) is 6.07 Å². The molecule has 2 aromatic heterocycles. The first-order chi connectivity index (χ1) is 14.1. The van der Waals surface area contributed by atoms with Gasteiger partial charge in [-0.15, -0.1) is 0 Å². The summed E-state index contributed by atoms with van der Waals surface area (Å²) in [6.45, 7) is 0.479. The van der Waals surface area contributed by atoms with Crippen LogP contribution in [0.4, 0.5) is 4.79 Å². The number of hydrogen-bond acceptors (Lipinski definition) is 7. The van der Waals surface area contributed by atoms with Crippen LogP contribution in [0.25, 0.3) is 5.82 Å². The van der Waals surface area contributed by atoms with Gasteiger partial charge in [-0.05, 0) is 29.3 Å². The molecule has 0 unspecified atom stereocenters. The van der Waals surface area contributed by atoms with Crippen molar-refractivity contribution in [3.63, 3.8) is 0 Å². The van der Waals surface area contributed by atoms with Crippen LogP contribution in [-0.4, -0.2) is 47.5 Å². The van der Waals surface area contributed by atoms with Crippen LogP contribution in [0.1, 0.15) is 21.5 Å². The van der Waals surface area contributed by atoms with E-state index in [0.717, 1.165) is 22.9 Å². The van der Waals surface area contributed by atoms with Gasteiger partial charge in [0.25, 0.3) is 11.1 Å². The molecule has 1 fully saturated rings. The molecule has 0 radical (unpaired) electrons. The molecular weight excluding hydrogens is 392 g/mol. The molecule has 10 heteroatoms. The fourth-order valence-electron chi connectivity index (χ4n) is 2.80. The summed E-state index contributed by atoms with van der Waals surface area (Å²) in [7, 11) is 0. The van der Waals surface area contributed by atoms with E-state index in [2.05, 4.69) is 20.4 Å². The van der Waals surface area contributed by atoms with Crippen LogP contribution in [0.15, 0.2) is 55.2 Å².